The zero-order chi connectivity index (χ0) is 13.9. The molecular weight excluding hydrogens is 274 g/mol. The SMILES string of the molecule is O=C(NC1CC1)c1cccc2c1ncn2CCCCCl. The maximum atomic E-state index is 12.2. The fourth-order valence-electron chi connectivity index (χ4n) is 2.32. The van der Waals surface area contributed by atoms with Gasteiger partial charge < -0.3 is 9.88 Å². The summed E-state index contributed by atoms with van der Waals surface area (Å²) in [7, 11) is 0. The molecule has 0 saturated heterocycles. The van der Waals surface area contributed by atoms with Gasteiger partial charge in [0.1, 0.15) is 5.52 Å². The van der Waals surface area contributed by atoms with Crippen molar-refractivity contribution >= 4 is 28.5 Å². The summed E-state index contributed by atoms with van der Waals surface area (Å²) in [5, 5.41) is 3.02. The van der Waals surface area contributed by atoms with E-state index in [0.717, 1.165) is 43.3 Å². The molecule has 1 aromatic heterocycles. The average Bonchev–Trinajstić information content (AvgIpc) is 3.17. The zero-order valence-corrected chi connectivity index (χ0v) is 12.1. The second-order valence-corrected chi connectivity index (χ2v) is 5.63. The van der Waals surface area contributed by atoms with E-state index in [1.165, 1.54) is 0 Å². The number of unbranched alkanes of at least 4 members (excludes halogenated alkanes) is 1. The van der Waals surface area contributed by atoms with Crippen LogP contribution in [0.5, 0.6) is 0 Å². The molecule has 1 fully saturated rings. The number of aromatic nitrogens is 2. The molecule has 1 aromatic carbocycles. The zero-order valence-electron chi connectivity index (χ0n) is 11.3. The fraction of sp³-hybridized carbons (Fsp3) is 0.467. The molecule has 1 saturated carbocycles. The lowest BCUT2D eigenvalue weighted by atomic mass is 10.1. The molecule has 0 radical (unpaired) electrons. The number of amides is 1. The first kappa shape index (κ1) is 13.4. The van der Waals surface area contributed by atoms with Crippen molar-refractivity contribution in [1.29, 1.82) is 0 Å². The lowest BCUT2D eigenvalue weighted by molar-refractivity contribution is 0.0952. The summed E-state index contributed by atoms with van der Waals surface area (Å²) in [4.78, 5) is 16.6. The summed E-state index contributed by atoms with van der Waals surface area (Å²) in [6, 6.07) is 6.14. The second-order valence-electron chi connectivity index (χ2n) is 5.26. The van der Waals surface area contributed by atoms with Crippen LogP contribution >= 0.6 is 11.6 Å². The third-order valence-corrected chi connectivity index (χ3v) is 3.86. The van der Waals surface area contributed by atoms with E-state index in [-0.39, 0.29) is 5.91 Å². The van der Waals surface area contributed by atoms with Crippen LogP contribution in [-0.2, 0) is 6.54 Å². The average molecular weight is 292 g/mol. The maximum absolute atomic E-state index is 12.2. The number of benzene rings is 1. The molecule has 0 atom stereocenters. The summed E-state index contributed by atoms with van der Waals surface area (Å²) in [5.74, 6) is 0.672. The standard InChI is InChI=1S/C15H18ClN3O/c16-8-1-2-9-19-10-17-14-12(4-3-5-13(14)19)15(20)18-11-6-7-11/h3-5,10-11H,1-2,6-9H2,(H,18,20). The first-order valence-corrected chi connectivity index (χ1v) is 7.63. The van der Waals surface area contributed by atoms with Gasteiger partial charge in [0.2, 0.25) is 0 Å². The molecule has 0 aliphatic heterocycles. The molecule has 0 unspecified atom stereocenters. The highest BCUT2D eigenvalue weighted by Gasteiger charge is 2.25. The number of halogens is 1. The van der Waals surface area contributed by atoms with Crippen molar-refractivity contribution in [1.82, 2.24) is 14.9 Å². The Morgan fingerprint density at radius 1 is 1.40 bits per heavy atom. The van der Waals surface area contributed by atoms with Crippen LogP contribution in [0.3, 0.4) is 0 Å². The maximum Gasteiger partial charge on any atom is 0.253 e. The number of hydrogen-bond acceptors (Lipinski definition) is 2. The van der Waals surface area contributed by atoms with Gasteiger partial charge in [-0.25, -0.2) is 4.98 Å². The van der Waals surface area contributed by atoms with Crippen molar-refractivity contribution in [3.05, 3.63) is 30.1 Å². The molecule has 0 spiro atoms. The Bertz CT molecular complexity index is 619. The number of alkyl halides is 1. The van der Waals surface area contributed by atoms with E-state index in [1.54, 1.807) is 0 Å². The summed E-state index contributed by atoms with van der Waals surface area (Å²) in [6.07, 6.45) is 6.01. The van der Waals surface area contributed by atoms with Gasteiger partial charge in [-0.1, -0.05) is 6.07 Å². The molecular formula is C15H18ClN3O. The van der Waals surface area contributed by atoms with Gasteiger partial charge in [-0.3, -0.25) is 4.79 Å². The molecule has 4 nitrogen and oxygen atoms in total. The molecule has 106 valence electrons. The first-order chi connectivity index (χ1) is 9.79. The Kier molecular flexibility index (Phi) is 3.92. The highest BCUT2D eigenvalue weighted by atomic mass is 35.5. The van der Waals surface area contributed by atoms with E-state index >= 15 is 0 Å². The number of fused-ring (bicyclic) bond motifs is 1. The van der Waals surface area contributed by atoms with Gasteiger partial charge in [0, 0.05) is 18.5 Å². The molecule has 1 aliphatic carbocycles. The molecule has 5 heteroatoms. The number of aryl methyl sites for hydroxylation is 1. The normalized spacial score (nSPS) is 14.7. The minimum Gasteiger partial charge on any atom is -0.349 e. The van der Waals surface area contributed by atoms with E-state index in [4.69, 9.17) is 11.6 Å². The third-order valence-electron chi connectivity index (χ3n) is 3.59. The van der Waals surface area contributed by atoms with Crippen molar-refractivity contribution in [2.75, 3.05) is 5.88 Å². The van der Waals surface area contributed by atoms with E-state index in [0.29, 0.717) is 17.5 Å². The van der Waals surface area contributed by atoms with Crippen LogP contribution in [0.15, 0.2) is 24.5 Å². The monoisotopic (exact) mass is 291 g/mol. The number of para-hydroxylation sites is 1. The number of carbonyl (C=O) groups is 1. The Labute approximate surface area is 123 Å². The van der Waals surface area contributed by atoms with Gasteiger partial charge in [-0.15, -0.1) is 11.6 Å². The predicted octanol–water partition coefficient (Wildman–Crippen LogP) is 2.95. The van der Waals surface area contributed by atoms with Crippen LogP contribution < -0.4 is 5.32 Å². The minimum atomic E-state index is -0.0101. The van der Waals surface area contributed by atoms with E-state index in [2.05, 4.69) is 14.9 Å². The van der Waals surface area contributed by atoms with Gasteiger partial charge in [0.25, 0.3) is 5.91 Å². The second kappa shape index (κ2) is 5.83. The molecule has 2 aromatic rings. The smallest absolute Gasteiger partial charge is 0.253 e. The van der Waals surface area contributed by atoms with Crippen LogP contribution in [0.2, 0.25) is 0 Å². The van der Waals surface area contributed by atoms with E-state index in [9.17, 15) is 4.79 Å². The van der Waals surface area contributed by atoms with Crippen LogP contribution in [0, 0.1) is 0 Å². The van der Waals surface area contributed by atoms with Crippen molar-refractivity contribution in [2.24, 2.45) is 0 Å². The van der Waals surface area contributed by atoms with Crippen LogP contribution in [0.4, 0.5) is 0 Å². The lowest BCUT2D eigenvalue weighted by Gasteiger charge is -2.06. The van der Waals surface area contributed by atoms with Crippen molar-refractivity contribution < 1.29 is 4.79 Å². The molecule has 0 bridgehead atoms. The van der Waals surface area contributed by atoms with Crippen molar-refractivity contribution in [3.8, 4) is 0 Å². The van der Waals surface area contributed by atoms with Gasteiger partial charge in [-0.05, 0) is 37.8 Å². The molecule has 1 N–H and O–H groups in total. The number of nitrogens with zero attached hydrogens (tertiary/aromatic N) is 2. The predicted molar refractivity (Wildman–Crippen MR) is 80.2 cm³/mol. The highest BCUT2D eigenvalue weighted by molar-refractivity contribution is 6.17. The van der Waals surface area contributed by atoms with Gasteiger partial charge in [-0.2, -0.15) is 0 Å². The van der Waals surface area contributed by atoms with E-state index < -0.39 is 0 Å². The van der Waals surface area contributed by atoms with Crippen molar-refractivity contribution in [2.45, 2.75) is 38.3 Å². The van der Waals surface area contributed by atoms with Gasteiger partial charge >= 0.3 is 0 Å². The Hall–Kier alpha value is -1.55. The molecule has 3 rings (SSSR count). The minimum absolute atomic E-state index is 0.0101. The Morgan fingerprint density at radius 3 is 3.00 bits per heavy atom. The number of carbonyl (C=O) groups excluding carboxylic acids is 1. The molecule has 20 heavy (non-hydrogen) atoms. The van der Waals surface area contributed by atoms with Crippen molar-refractivity contribution in [3.63, 3.8) is 0 Å². The van der Waals surface area contributed by atoms with Gasteiger partial charge in [0.05, 0.1) is 17.4 Å². The number of hydrogen-bond donors (Lipinski definition) is 1. The first-order valence-electron chi connectivity index (χ1n) is 7.10. The van der Waals surface area contributed by atoms with E-state index in [1.807, 2.05) is 24.5 Å². The highest BCUT2D eigenvalue weighted by Crippen LogP contribution is 2.22. The molecule has 1 aliphatic rings. The summed E-state index contributed by atoms with van der Waals surface area (Å²) < 4.78 is 2.09. The Balaban J connectivity index is 1.84. The fourth-order valence-corrected chi connectivity index (χ4v) is 2.51. The topological polar surface area (TPSA) is 46.9 Å². The van der Waals surface area contributed by atoms with Gasteiger partial charge in [0.15, 0.2) is 0 Å². The summed E-state index contributed by atoms with van der Waals surface area (Å²) >= 11 is 5.70. The van der Waals surface area contributed by atoms with Crippen LogP contribution in [0.25, 0.3) is 11.0 Å². The van der Waals surface area contributed by atoms with Crippen LogP contribution in [-0.4, -0.2) is 27.4 Å². The third kappa shape index (κ3) is 2.80. The Morgan fingerprint density at radius 2 is 2.25 bits per heavy atom. The largest absolute Gasteiger partial charge is 0.349 e. The quantitative estimate of drug-likeness (QED) is 0.657. The summed E-state index contributed by atoms with van der Waals surface area (Å²) in [5.41, 5.74) is 2.48. The number of imidazole rings is 1. The molecule has 1 amide bonds. The molecule has 1 heterocycles. The summed E-state index contributed by atoms with van der Waals surface area (Å²) in [6.45, 7) is 0.886. The lowest BCUT2D eigenvalue weighted by Crippen LogP contribution is -2.25. The number of rotatable bonds is 6. The van der Waals surface area contributed by atoms with Crippen LogP contribution in [0.1, 0.15) is 36.0 Å². The number of nitrogens with one attached hydrogen (secondary N) is 1.